The Morgan fingerprint density at radius 1 is 1.15 bits per heavy atom. The molecular formula is C20H26N2O4S. The van der Waals surface area contributed by atoms with Gasteiger partial charge in [0.15, 0.2) is 9.84 Å². The summed E-state index contributed by atoms with van der Waals surface area (Å²) in [6.45, 7) is 6.92. The highest BCUT2D eigenvalue weighted by molar-refractivity contribution is 7.91. The number of piperazine rings is 1. The third-order valence-corrected chi connectivity index (χ3v) is 7.75. The lowest BCUT2D eigenvalue weighted by atomic mass is 10.0. The summed E-state index contributed by atoms with van der Waals surface area (Å²) >= 11 is 0. The van der Waals surface area contributed by atoms with Crippen LogP contribution in [0.25, 0.3) is 11.0 Å². The van der Waals surface area contributed by atoms with Crippen LogP contribution in [0, 0.1) is 13.8 Å². The molecule has 7 heteroatoms. The average Bonchev–Trinajstić information content (AvgIpc) is 3.19. The van der Waals surface area contributed by atoms with E-state index in [4.69, 9.17) is 4.42 Å². The first-order valence-corrected chi connectivity index (χ1v) is 11.3. The second-order valence-electron chi connectivity index (χ2n) is 7.84. The molecule has 0 radical (unpaired) electrons. The van der Waals surface area contributed by atoms with Gasteiger partial charge in [0, 0.05) is 43.2 Å². The third-order valence-electron chi connectivity index (χ3n) is 6.00. The third kappa shape index (κ3) is 3.75. The Hall–Kier alpha value is -1.86. The highest BCUT2D eigenvalue weighted by Gasteiger charge is 2.34. The Balaban J connectivity index is 1.38. The molecule has 2 saturated heterocycles. The molecule has 4 rings (SSSR count). The molecule has 146 valence electrons. The van der Waals surface area contributed by atoms with Crippen LogP contribution in [0.1, 0.15) is 23.1 Å². The Bertz CT molecular complexity index is 971. The molecule has 0 N–H and O–H groups in total. The fraction of sp³-hybridized carbons (Fsp3) is 0.550. The molecule has 1 unspecified atom stereocenters. The van der Waals surface area contributed by atoms with Gasteiger partial charge in [0.2, 0.25) is 5.91 Å². The number of nitrogens with zero attached hydrogens (tertiary/aromatic N) is 2. The van der Waals surface area contributed by atoms with Crippen molar-refractivity contribution >= 4 is 26.7 Å². The lowest BCUT2D eigenvalue weighted by molar-refractivity contribution is -0.132. The zero-order valence-electron chi connectivity index (χ0n) is 15.9. The van der Waals surface area contributed by atoms with Gasteiger partial charge in [-0.05, 0) is 43.5 Å². The molecule has 0 spiro atoms. The summed E-state index contributed by atoms with van der Waals surface area (Å²) in [5.74, 6) is 0.666. The Kier molecular flexibility index (Phi) is 4.76. The predicted octanol–water partition coefficient (Wildman–Crippen LogP) is 1.92. The van der Waals surface area contributed by atoms with E-state index in [0.717, 1.165) is 36.0 Å². The van der Waals surface area contributed by atoms with Gasteiger partial charge in [-0.2, -0.15) is 0 Å². The van der Waals surface area contributed by atoms with Crippen molar-refractivity contribution in [2.45, 2.75) is 32.7 Å². The molecule has 1 atom stereocenters. The number of carbonyl (C=O) groups is 1. The quantitative estimate of drug-likeness (QED) is 0.801. The standard InChI is InChI=1S/C20H26N2O4S/c1-14-9-18-16(12-26-19(18)10-15(14)2)11-20(23)22-6-4-21(5-7-22)17-3-8-27(24,25)13-17/h9-10,12,17H,3-8,11,13H2,1-2H3. The Morgan fingerprint density at radius 2 is 1.85 bits per heavy atom. The van der Waals surface area contributed by atoms with E-state index < -0.39 is 9.84 Å². The summed E-state index contributed by atoms with van der Waals surface area (Å²) in [6.07, 6.45) is 2.75. The van der Waals surface area contributed by atoms with Gasteiger partial charge in [0.1, 0.15) is 5.58 Å². The molecule has 2 aromatic rings. The van der Waals surface area contributed by atoms with Crippen molar-refractivity contribution < 1.29 is 17.6 Å². The molecule has 1 aromatic carbocycles. The average molecular weight is 391 g/mol. The van der Waals surface area contributed by atoms with Gasteiger partial charge in [-0.25, -0.2) is 8.42 Å². The molecule has 0 saturated carbocycles. The summed E-state index contributed by atoms with van der Waals surface area (Å²) in [6, 6.07) is 4.23. The minimum atomic E-state index is -2.87. The van der Waals surface area contributed by atoms with E-state index in [9.17, 15) is 13.2 Å². The van der Waals surface area contributed by atoms with E-state index in [0.29, 0.717) is 25.3 Å². The molecule has 2 aliphatic heterocycles. The number of aryl methyl sites for hydroxylation is 2. The maximum absolute atomic E-state index is 12.8. The fourth-order valence-corrected chi connectivity index (χ4v) is 5.91. The summed E-state index contributed by atoms with van der Waals surface area (Å²) < 4.78 is 29.0. The highest BCUT2D eigenvalue weighted by Crippen LogP contribution is 2.26. The number of benzene rings is 1. The normalized spacial score (nSPS) is 23.2. The first-order chi connectivity index (χ1) is 12.8. The highest BCUT2D eigenvalue weighted by atomic mass is 32.2. The molecule has 0 bridgehead atoms. The molecular weight excluding hydrogens is 364 g/mol. The number of carbonyl (C=O) groups excluding carboxylic acids is 1. The lowest BCUT2D eigenvalue weighted by Crippen LogP contribution is -2.52. The van der Waals surface area contributed by atoms with Crippen LogP contribution in [-0.4, -0.2) is 67.9 Å². The number of furan rings is 1. The van der Waals surface area contributed by atoms with Crippen molar-refractivity contribution in [3.05, 3.63) is 35.1 Å². The minimum Gasteiger partial charge on any atom is -0.464 e. The first kappa shape index (κ1) is 18.5. The van der Waals surface area contributed by atoms with Gasteiger partial charge < -0.3 is 9.32 Å². The van der Waals surface area contributed by atoms with Crippen LogP contribution in [0.2, 0.25) is 0 Å². The van der Waals surface area contributed by atoms with Gasteiger partial charge >= 0.3 is 0 Å². The summed E-state index contributed by atoms with van der Waals surface area (Å²) in [4.78, 5) is 16.9. The number of amides is 1. The molecule has 2 fully saturated rings. The second kappa shape index (κ2) is 6.95. The van der Waals surface area contributed by atoms with E-state index in [1.54, 1.807) is 6.26 Å². The maximum atomic E-state index is 12.8. The van der Waals surface area contributed by atoms with E-state index in [2.05, 4.69) is 24.8 Å². The van der Waals surface area contributed by atoms with E-state index >= 15 is 0 Å². The van der Waals surface area contributed by atoms with Crippen LogP contribution in [0.3, 0.4) is 0 Å². The van der Waals surface area contributed by atoms with Gasteiger partial charge in [-0.15, -0.1) is 0 Å². The zero-order valence-corrected chi connectivity index (χ0v) is 16.7. The molecule has 27 heavy (non-hydrogen) atoms. The summed E-state index contributed by atoms with van der Waals surface area (Å²) in [7, 11) is -2.87. The molecule has 1 amide bonds. The van der Waals surface area contributed by atoms with Crippen molar-refractivity contribution in [2.24, 2.45) is 0 Å². The number of hydrogen-bond acceptors (Lipinski definition) is 5. The van der Waals surface area contributed by atoms with Crippen LogP contribution in [0.15, 0.2) is 22.8 Å². The van der Waals surface area contributed by atoms with E-state index in [1.807, 2.05) is 11.0 Å². The van der Waals surface area contributed by atoms with Gasteiger partial charge in [-0.3, -0.25) is 9.69 Å². The van der Waals surface area contributed by atoms with Crippen LogP contribution in [-0.2, 0) is 21.1 Å². The van der Waals surface area contributed by atoms with Gasteiger partial charge in [0.05, 0.1) is 24.2 Å². The van der Waals surface area contributed by atoms with Crippen molar-refractivity contribution in [2.75, 3.05) is 37.7 Å². The monoisotopic (exact) mass is 390 g/mol. The molecule has 0 aliphatic carbocycles. The summed E-state index contributed by atoms with van der Waals surface area (Å²) in [5, 5.41) is 1.02. The van der Waals surface area contributed by atoms with Crippen LogP contribution in [0.5, 0.6) is 0 Å². The molecule has 1 aromatic heterocycles. The van der Waals surface area contributed by atoms with E-state index in [1.165, 1.54) is 11.1 Å². The Morgan fingerprint density at radius 3 is 2.52 bits per heavy atom. The van der Waals surface area contributed by atoms with Crippen LogP contribution >= 0.6 is 0 Å². The molecule has 6 nitrogen and oxygen atoms in total. The molecule has 2 aliphatic rings. The SMILES string of the molecule is Cc1cc2occ(CC(=O)N3CCN(C4CCS(=O)(=O)C4)CC3)c2cc1C. The topological polar surface area (TPSA) is 70.8 Å². The first-order valence-electron chi connectivity index (χ1n) is 9.52. The Labute approximate surface area is 160 Å². The van der Waals surface area contributed by atoms with Crippen molar-refractivity contribution in [1.82, 2.24) is 9.80 Å². The van der Waals surface area contributed by atoms with Crippen LogP contribution in [0.4, 0.5) is 0 Å². The van der Waals surface area contributed by atoms with Gasteiger partial charge in [-0.1, -0.05) is 0 Å². The lowest BCUT2D eigenvalue weighted by Gasteiger charge is -2.37. The number of hydrogen-bond donors (Lipinski definition) is 0. The van der Waals surface area contributed by atoms with Crippen molar-refractivity contribution in [3.8, 4) is 0 Å². The number of sulfone groups is 1. The van der Waals surface area contributed by atoms with Crippen LogP contribution < -0.4 is 0 Å². The fourth-order valence-electron chi connectivity index (χ4n) is 4.15. The smallest absolute Gasteiger partial charge is 0.227 e. The van der Waals surface area contributed by atoms with Crippen molar-refractivity contribution in [1.29, 1.82) is 0 Å². The van der Waals surface area contributed by atoms with E-state index in [-0.39, 0.29) is 17.7 Å². The summed E-state index contributed by atoms with van der Waals surface area (Å²) in [5.41, 5.74) is 4.13. The second-order valence-corrected chi connectivity index (χ2v) is 10.1. The van der Waals surface area contributed by atoms with Crippen molar-refractivity contribution in [3.63, 3.8) is 0 Å². The molecule has 3 heterocycles. The number of rotatable bonds is 3. The minimum absolute atomic E-state index is 0.106. The maximum Gasteiger partial charge on any atom is 0.227 e. The zero-order chi connectivity index (χ0) is 19.2. The largest absolute Gasteiger partial charge is 0.464 e. The number of fused-ring (bicyclic) bond motifs is 1. The van der Waals surface area contributed by atoms with Gasteiger partial charge in [0.25, 0.3) is 0 Å². The predicted molar refractivity (Wildman–Crippen MR) is 105 cm³/mol.